The molecule has 0 spiro atoms. The van der Waals surface area contributed by atoms with E-state index in [1.807, 2.05) is 42.5 Å². The van der Waals surface area contributed by atoms with Crippen LogP contribution in [-0.4, -0.2) is 38.6 Å². The van der Waals surface area contributed by atoms with Crippen LogP contribution in [0, 0.1) is 5.92 Å². The smallest absolute Gasteiger partial charge is 0.277 e. The molecule has 2 aliphatic rings. The van der Waals surface area contributed by atoms with Crippen LogP contribution in [0.1, 0.15) is 41.5 Å². The molecule has 0 radical (unpaired) electrons. The summed E-state index contributed by atoms with van der Waals surface area (Å²) in [5.74, 6) is -1.27. The Bertz CT molecular complexity index is 1220. The number of piperidine rings is 1. The topological polar surface area (TPSA) is 43.8 Å². The second-order valence-corrected chi connectivity index (χ2v) is 9.58. The first-order valence-electron chi connectivity index (χ1n) is 12.6. The van der Waals surface area contributed by atoms with Crippen molar-refractivity contribution in [2.45, 2.75) is 38.1 Å². The predicted octanol–water partition coefficient (Wildman–Crippen LogP) is 6.42. The van der Waals surface area contributed by atoms with E-state index in [-0.39, 0.29) is 18.3 Å². The van der Waals surface area contributed by atoms with Gasteiger partial charge in [0.15, 0.2) is 6.29 Å². The molecular formula is C30H32F2N2O3. The number of methoxy groups -OCH3 is 2. The van der Waals surface area contributed by atoms with Crippen molar-refractivity contribution >= 4 is 11.4 Å². The van der Waals surface area contributed by atoms with E-state index in [4.69, 9.17) is 14.2 Å². The minimum Gasteiger partial charge on any atom is -0.489 e. The molecular weight excluding hydrogens is 474 g/mol. The summed E-state index contributed by atoms with van der Waals surface area (Å²) in [5, 5.41) is 0. The molecule has 7 heteroatoms. The largest absolute Gasteiger partial charge is 0.489 e. The lowest BCUT2D eigenvalue weighted by molar-refractivity contribution is -0.141. The second-order valence-electron chi connectivity index (χ2n) is 9.58. The molecule has 1 saturated heterocycles. The zero-order valence-corrected chi connectivity index (χ0v) is 21.2. The van der Waals surface area contributed by atoms with Crippen LogP contribution >= 0.6 is 0 Å². The molecule has 2 heterocycles. The van der Waals surface area contributed by atoms with E-state index >= 15 is 0 Å². The first kappa shape index (κ1) is 25.4. The molecule has 1 aliphatic carbocycles. The van der Waals surface area contributed by atoms with Gasteiger partial charge in [-0.1, -0.05) is 42.5 Å². The van der Waals surface area contributed by atoms with Gasteiger partial charge in [0, 0.05) is 57.0 Å². The van der Waals surface area contributed by atoms with E-state index in [2.05, 4.69) is 9.88 Å². The van der Waals surface area contributed by atoms with Crippen LogP contribution in [0.25, 0.3) is 5.57 Å². The van der Waals surface area contributed by atoms with Gasteiger partial charge in [0.2, 0.25) is 0 Å². The normalized spacial score (nSPS) is 17.4. The Morgan fingerprint density at radius 1 is 1.00 bits per heavy atom. The first-order chi connectivity index (χ1) is 18.0. The number of hydrogen-bond donors (Lipinski definition) is 0. The zero-order valence-electron chi connectivity index (χ0n) is 21.2. The van der Waals surface area contributed by atoms with E-state index in [9.17, 15) is 8.78 Å². The molecule has 2 aromatic carbocycles. The summed E-state index contributed by atoms with van der Waals surface area (Å²) >= 11 is 0. The van der Waals surface area contributed by atoms with Gasteiger partial charge in [-0.3, -0.25) is 0 Å². The standard InChI is InChI=1S/C30H32F2N2O3/c1-35-29(36-2)22-13-16-34(17-14-22)28-11-8-23(19-33-28)25-12-15-30(31,32)27-18-24(9-10-26(25)27)37-20-21-6-4-3-5-7-21/h3-12,18-19,22,29H,13-17,20H2,1-2H3. The lowest BCUT2D eigenvalue weighted by Crippen LogP contribution is -2.39. The molecule has 0 bridgehead atoms. The molecule has 0 unspecified atom stereocenters. The Hall–Kier alpha value is -3.29. The van der Waals surface area contributed by atoms with Crippen molar-refractivity contribution in [3.8, 4) is 5.75 Å². The number of halogens is 2. The van der Waals surface area contributed by atoms with E-state index in [0.717, 1.165) is 48.4 Å². The Morgan fingerprint density at radius 2 is 1.76 bits per heavy atom. The minimum atomic E-state index is -2.95. The monoisotopic (exact) mass is 506 g/mol. The average Bonchev–Trinajstić information content (AvgIpc) is 2.94. The summed E-state index contributed by atoms with van der Waals surface area (Å²) in [5.41, 5.74) is 3.10. The highest BCUT2D eigenvalue weighted by Gasteiger charge is 2.37. The van der Waals surface area contributed by atoms with E-state index < -0.39 is 5.92 Å². The van der Waals surface area contributed by atoms with Crippen molar-refractivity contribution in [3.63, 3.8) is 0 Å². The fourth-order valence-electron chi connectivity index (χ4n) is 5.23. The van der Waals surface area contributed by atoms with Gasteiger partial charge in [0.1, 0.15) is 18.2 Å². The fourth-order valence-corrected chi connectivity index (χ4v) is 5.23. The van der Waals surface area contributed by atoms with Gasteiger partial charge in [-0.2, -0.15) is 0 Å². The predicted molar refractivity (Wildman–Crippen MR) is 140 cm³/mol. The lowest BCUT2D eigenvalue weighted by atomic mass is 9.85. The molecule has 5 nitrogen and oxygen atoms in total. The van der Waals surface area contributed by atoms with Gasteiger partial charge in [-0.15, -0.1) is 0 Å². The number of nitrogens with zero attached hydrogens (tertiary/aromatic N) is 2. The Morgan fingerprint density at radius 3 is 2.43 bits per heavy atom. The van der Waals surface area contributed by atoms with Gasteiger partial charge >= 0.3 is 0 Å². The highest BCUT2D eigenvalue weighted by Crippen LogP contribution is 2.45. The Kier molecular flexibility index (Phi) is 7.53. The molecule has 37 heavy (non-hydrogen) atoms. The third-order valence-corrected chi connectivity index (χ3v) is 7.26. The number of rotatable bonds is 8. The highest BCUT2D eigenvalue weighted by atomic mass is 19.3. The zero-order chi connectivity index (χ0) is 25.8. The van der Waals surface area contributed by atoms with Gasteiger partial charge in [0.25, 0.3) is 5.92 Å². The summed E-state index contributed by atoms with van der Waals surface area (Å²) in [6.45, 7) is 2.06. The molecule has 3 aromatic rings. The molecule has 1 aromatic heterocycles. The number of alkyl halides is 2. The molecule has 5 rings (SSSR count). The molecule has 0 atom stereocenters. The number of anilines is 1. The number of pyridine rings is 1. The quantitative estimate of drug-likeness (QED) is 0.330. The maximum Gasteiger partial charge on any atom is 0.277 e. The van der Waals surface area contributed by atoms with Crippen LogP contribution in [0.3, 0.4) is 0 Å². The van der Waals surface area contributed by atoms with E-state index in [1.165, 1.54) is 6.07 Å². The number of benzene rings is 2. The minimum absolute atomic E-state index is 0.00690. The average molecular weight is 507 g/mol. The lowest BCUT2D eigenvalue weighted by Gasteiger charge is -2.35. The number of aromatic nitrogens is 1. The number of allylic oxidation sites excluding steroid dienone is 1. The molecule has 0 amide bonds. The second kappa shape index (κ2) is 11.0. The van der Waals surface area contributed by atoms with Crippen LogP contribution in [0.4, 0.5) is 14.6 Å². The van der Waals surface area contributed by atoms with Crippen molar-refractivity contribution in [2.75, 3.05) is 32.2 Å². The van der Waals surface area contributed by atoms with Crippen LogP contribution in [0.2, 0.25) is 0 Å². The number of ether oxygens (including phenoxy) is 3. The van der Waals surface area contributed by atoms with Gasteiger partial charge in [-0.05, 0) is 53.8 Å². The van der Waals surface area contributed by atoms with Crippen LogP contribution in [-0.2, 0) is 22.0 Å². The van der Waals surface area contributed by atoms with E-state index in [0.29, 0.717) is 23.8 Å². The number of hydrogen-bond acceptors (Lipinski definition) is 5. The SMILES string of the molecule is COC(OC)C1CCN(c2ccc(C3=CCC(F)(F)c4cc(OCc5ccccc5)ccc43)cn2)CC1. The Balaban J connectivity index is 1.30. The van der Waals surface area contributed by atoms with Crippen molar-refractivity contribution in [3.05, 3.63) is 95.2 Å². The van der Waals surface area contributed by atoms with Crippen molar-refractivity contribution < 1.29 is 23.0 Å². The van der Waals surface area contributed by atoms with Crippen molar-refractivity contribution in [1.29, 1.82) is 0 Å². The van der Waals surface area contributed by atoms with Crippen LogP contribution in [0.15, 0.2) is 72.9 Å². The molecule has 1 fully saturated rings. The molecule has 194 valence electrons. The van der Waals surface area contributed by atoms with Gasteiger partial charge in [0.05, 0.1) is 0 Å². The molecule has 1 aliphatic heterocycles. The summed E-state index contributed by atoms with van der Waals surface area (Å²) < 4.78 is 46.5. The van der Waals surface area contributed by atoms with Gasteiger partial charge in [-0.25, -0.2) is 13.8 Å². The van der Waals surface area contributed by atoms with Crippen molar-refractivity contribution in [1.82, 2.24) is 4.98 Å². The van der Waals surface area contributed by atoms with Crippen LogP contribution < -0.4 is 9.64 Å². The number of fused-ring (bicyclic) bond motifs is 1. The summed E-state index contributed by atoms with van der Waals surface area (Å²) in [4.78, 5) is 6.93. The Labute approximate surface area is 216 Å². The highest BCUT2D eigenvalue weighted by molar-refractivity contribution is 5.83. The molecule has 0 saturated carbocycles. The summed E-state index contributed by atoms with van der Waals surface area (Å²) in [6, 6.07) is 18.6. The summed E-state index contributed by atoms with van der Waals surface area (Å²) in [7, 11) is 3.35. The van der Waals surface area contributed by atoms with Crippen molar-refractivity contribution in [2.24, 2.45) is 5.92 Å². The third kappa shape index (κ3) is 5.53. The molecule has 0 N–H and O–H groups in total. The first-order valence-corrected chi connectivity index (χ1v) is 12.6. The van der Waals surface area contributed by atoms with Gasteiger partial charge < -0.3 is 19.1 Å². The maximum absolute atomic E-state index is 14.9. The maximum atomic E-state index is 14.9. The van der Waals surface area contributed by atoms with Crippen LogP contribution in [0.5, 0.6) is 5.75 Å². The fraction of sp³-hybridized carbons (Fsp3) is 0.367. The van der Waals surface area contributed by atoms with E-state index in [1.54, 1.807) is 38.6 Å². The third-order valence-electron chi connectivity index (χ3n) is 7.26. The summed E-state index contributed by atoms with van der Waals surface area (Å²) in [6.07, 6.45) is 4.78.